The molecule has 1 aliphatic heterocycles. The molecular weight excluding hydrogens is 705 g/mol. The fourth-order valence-corrected chi connectivity index (χ4v) is 5.60. The van der Waals surface area contributed by atoms with Crippen LogP contribution >= 0.6 is 55.3 Å². The molecule has 3 rings (SSSR count). The third kappa shape index (κ3) is 6.84. The van der Waals surface area contributed by atoms with Crippen molar-refractivity contribution in [3.63, 3.8) is 0 Å². The minimum absolute atomic E-state index is 0.466. The van der Waals surface area contributed by atoms with E-state index in [1.165, 1.54) is 40.8 Å². The van der Waals surface area contributed by atoms with E-state index in [2.05, 4.69) is 179 Å². The fraction of sp³-hybridized carbons (Fsp3) is 0.444. The second kappa shape index (κ2) is 12.8. The summed E-state index contributed by atoms with van der Waals surface area (Å²) in [7, 11) is 4.20. The van der Waals surface area contributed by atoms with Crippen LogP contribution in [0, 0.1) is 13.8 Å². The monoisotopic (exact) mass is 739 g/mol. The molecule has 0 spiro atoms. The fourth-order valence-electron chi connectivity index (χ4n) is 4.26. The van der Waals surface area contributed by atoms with E-state index in [0.717, 1.165) is 0 Å². The summed E-state index contributed by atoms with van der Waals surface area (Å²) in [6.07, 6.45) is 4.46. The van der Waals surface area contributed by atoms with Gasteiger partial charge >= 0.3 is 25.2 Å². The molecule has 1 heterocycles. The number of nitrogens with zero attached hydrogens (tertiary/aromatic N) is 2. The number of rotatable bonds is 6. The molecule has 0 bridgehead atoms. The van der Waals surface area contributed by atoms with Gasteiger partial charge in [0, 0.05) is 18.5 Å². The molecule has 33 heavy (non-hydrogen) atoms. The number of hydrogen-bond acceptors (Lipinski definition) is 2. The van der Waals surface area contributed by atoms with Crippen molar-refractivity contribution in [2.24, 2.45) is 0 Å². The molecule has 0 saturated carbocycles. The second-order valence-corrected chi connectivity index (χ2v) is 12.2. The zero-order valence-corrected chi connectivity index (χ0v) is 26.7. The van der Waals surface area contributed by atoms with Crippen molar-refractivity contribution in [2.75, 3.05) is 9.80 Å². The number of benzene rings is 2. The van der Waals surface area contributed by atoms with Gasteiger partial charge in [0.2, 0.25) is 0 Å². The Balaban J connectivity index is 0.00000187. The molecule has 0 amide bonds. The molecule has 0 fully saturated rings. The minimum atomic E-state index is 0.466. The van der Waals surface area contributed by atoms with Crippen LogP contribution in [-0.4, -0.2) is 0 Å². The molecule has 0 N–H and O–H groups in total. The van der Waals surface area contributed by atoms with Gasteiger partial charge in [-0.25, -0.2) is 0 Å². The summed E-state index contributed by atoms with van der Waals surface area (Å²) < 4.78 is 2.63. The van der Waals surface area contributed by atoms with Crippen LogP contribution in [0.4, 0.5) is 11.4 Å². The van der Waals surface area contributed by atoms with Crippen LogP contribution in [0.2, 0.25) is 0 Å². The summed E-state index contributed by atoms with van der Waals surface area (Å²) in [5, 5.41) is 0. The average molecular weight is 740 g/mol. The Bertz CT molecular complexity index is 851. The van der Waals surface area contributed by atoms with Crippen LogP contribution in [-0.2, 0) is 15.1 Å². The van der Waals surface area contributed by atoms with Crippen LogP contribution in [0.5, 0.6) is 0 Å². The summed E-state index contributed by atoms with van der Waals surface area (Å²) in [5.41, 5.74) is 8.32. The SMILES string of the molecule is CC(C)c1cc(I)cc(C(C)C)c1N1C=CN(c2c(C(C)C)cc(I)cc2C(C)C)[CH-]1.[Cl][Cu+]. The predicted molar refractivity (Wildman–Crippen MR) is 159 cm³/mol. The van der Waals surface area contributed by atoms with E-state index in [1.54, 1.807) is 0 Å². The van der Waals surface area contributed by atoms with E-state index >= 15 is 0 Å². The van der Waals surface area contributed by atoms with Gasteiger partial charge in [-0.2, -0.15) is 0 Å². The Morgan fingerprint density at radius 1 is 0.606 bits per heavy atom. The number of anilines is 2. The Labute approximate surface area is 241 Å². The van der Waals surface area contributed by atoms with Gasteiger partial charge in [-0.05, 0) is 128 Å². The molecule has 0 atom stereocenters. The molecule has 6 heteroatoms. The molecule has 0 aliphatic carbocycles. The molecular formula is C27H35ClCuI2N2. The summed E-state index contributed by atoms with van der Waals surface area (Å²) in [6.45, 7) is 20.6. The van der Waals surface area contributed by atoms with Crippen molar-refractivity contribution in [3.8, 4) is 0 Å². The topological polar surface area (TPSA) is 6.48 Å². The van der Waals surface area contributed by atoms with Gasteiger partial charge in [-0.3, -0.25) is 0 Å². The van der Waals surface area contributed by atoms with Gasteiger partial charge in [-0.15, -0.1) is 6.67 Å². The second-order valence-electron chi connectivity index (χ2n) is 9.71. The Hall–Kier alpha value is 0.0495. The maximum absolute atomic E-state index is 4.20. The number of hydrogen-bond donors (Lipinski definition) is 0. The van der Waals surface area contributed by atoms with E-state index < -0.39 is 0 Å². The molecule has 0 unspecified atom stereocenters. The molecule has 2 aromatic rings. The van der Waals surface area contributed by atoms with Gasteiger partial charge in [0.1, 0.15) is 0 Å². The van der Waals surface area contributed by atoms with Crippen molar-refractivity contribution in [3.05, 3.63) is 72.7 Å². The zero-order valence-electron chi connectivity index (χ0n) is 20.7. The first-order chi connectivity index (χ1) is 15.5. The van der Waals surface area contributed by atoms with Crippen molar-refractivity contribution in [1.82, 2.24) is 0 Å². The Kier molecular flexibility index (Phi) is 11.4. The quantitative estimate of drug-likeness (QED) is 0.165. The predicted octanol–water partition coefficient (Wildman–Crippen LogP) is 9.99. The van der Waals surface area contributed by atoms with E-state index in [0.29, 0.717) is 23.7 Å². The molecule has 0 saturated heterocycles. The maximum atomic E-state index is 4.20. The van der Waals surface area contributed by atoms with Gasteiger partial charge in [-0.1, -0.05) is 55.4 Å². The van der Waals surface area contributed by atoms with Gasteiger partial charge in [0.25, 0.3) is 0 Å². The third-order valence-corrected chi connectivity index (χ3v) is 7.15. The van der Waals surface area contributed by atoms with Gasteiger partial charge in [0.15, 0.2) is 0 Å². The third-order valence-electron chi connectivity index (χ3n) is 5.91. The molecule has 0 radical (unpaired) electrons. The summed E-state index contributed by atoms with van der Waals surface area (Å²) >= 11 is 8.58. The van der Waals surface area contributed by atoms with E-state index in [9.17, 15) is 0 Å². The molecule has 185 valence electrons. The van der Waals surface area contributed by atoms with Crippen LogP contribution in [0.15, 0.2) is 36.7 Å². The summed E-state index contributed by atoms with van der Waals surface area (Å²) in [6, 6.07) is 9.39. The van der Waals surface area contributed by atoms with Crippen molar-refractivity contribution in [1.29, 1.82) is 0 Å². The zero-order chi connectivity index (χ0) is 25.0. The summed E-state index contributed by atoms with van der Waals surface area (Å²) in [5.74, 6) is 1.87. The van der Waals surface area contributed by atoms with Gasteiger partial charge < -0.3 is 9.80 Å². The average Bonchev–Trinajstić information content (AvgIpc) is 3.23. The first-order valence-electron chi connectivity index (χ1n) is 11.4. The first kappa shape index (κ1) is 29.3. The Morgan fingerprint density at radius 2 is 0.848 bits per heavy atom. The first-order valence-corrected chi connectivity index (χ1v) is 14.8. The van der Waals surface area contributed by atoms with Crippen LogP contribution < -0.4 is 9.80 Å². The van der Waals surface area contributed by atoms with E-state index in [4.69, 9.17) is 0 Å². The van der Waals surface area contributed by atoms with Crippen LogP contribution in [0.1, 0.15) is 101 Å². The number of halogens is 3. The normalized spacial score (nSPS) is 13.6. The van der Waals surface area contributed by atoms with Crippen molar-refractivity contribution in [2.45, 2.75) is 79.1 Å². The molecule has 2 aromatic carbocycles. The van der Waals surface area contributed by atoms with Crippen LogP contribution in [0.3, 0.4) is 0 Å². The van der Waals surface area contributed by atoms with E-state index in [1.807, 2.05) is 0 Å². The van der Waals surface area contributed by atoms with Gasteiger partial charge in [0.05, 0.1) is 0 Å². The van der Waals surface area contributed by atoms with Crippen molar-refractivity contribution < 1.29 is 15.1 Å². The van der Waals surface area contributed by atoms with Crippen molar-refractivity contribution >= 4 is 66.7 Å². The molecule has 0 aromatic heterocycles. The molecule has 1 aliphatic rings. The van der Waals surface area contributed by atoms with E-state index in [-0.39, 0.29) is 0 Å². The summed E-state index contributed by atoms with van der Waals surface area (Å²) in [4.78, 5) is 4.68. The Morgan fingerprint density at radius 3 is 1.06 bits per heavy atom. The standard InChI is InChI=1S/C27H35I2N2.ClH.Cu/c1-16(2)22-11-20(28)12-23(17(3)4)26(22)30-9-10-31(15-30)27-24(18(5)6)13-21(29)14-25(27)19(7)8;;/h9-19H,1-8H3;1H;/q-1;;+2/p-1. The van der Waals surface area contributed by atoms with Crippen LogP contribution in [0.25, 0.3) is 0 Å². The molecule has 2 nitrogen and oxygen atoms in total.